The summed E-state index contributed by atoms with van der Waals surface area (Å²) in [6.45, 7) is 6.73. The number of carbonyl (C=O) groups excluding carboxylic acids is 4. The van der Waals surface area contributed by atoms with Crippen LogP contribution in [-0.2, 0) is 23.8 Å². The molecule has 0 spiro atoms. The number of fused-ring (bicyclic) bond motifs is 1. The van der Waals surface area contributed by atoms with Crippen molar-refractivity contribution in [2.45, 2.75) is 70.7 Å². The Labute approximate surface area is 348 Å². The Hall–Kier alpha value is -6.35. The number of hydrogen-bond donors (Lipinski definition) is 3. The van der Waals surface area contributed by atoms with Gasteiger partial charge in [0, 0.05) is 32.0 Å². The van der Waals surface area contributed by atoms with Crippen LogP contribution in [0.4, 0.5) is 9.59 Å². The van der Waals surface area contributed by atoms with Gasteiger partial charge in [-0.2, -0.15) is 4.99 Å². The summed E-state index contributed by atoms with van der Waals surface area (Å²) in [5.41, 5.74) is 5.82. The van der Waals surface area contributed by atoms with E-state index in [2.05, 4.69) is 85.7 Å². The molecule has 7 rings (SSSR count). The molecule has 2 saturated heterocycles. The highest BCUT2D eigenvalue weighted by Crippen LogP contribution is 2.36. The van der Waals surface area contributed by atoms with Crippen LogP contribution < -0.4 is 5.32 Å². The van der Waals surface area contributed by atoms with E-state index in [0.29, 0.717) is 18.9 Å². The summed E-state index contributed by atoms with van der Waals surface area (Å²) in [7, 11) is 4.05. The molecule has 2 fully saturated rings. The van der Waals surface area contributed by atoms with Crippen molar-refractivity contribution >= 4 is 41.0 Å². The van der Waals surface area contributed by atoms with Crippen LogP contribution in [-0.4, -0.2) is 107 Å². The van der Waals surface area contributed by atoms with Crippen LogP contribution in [0.15, 0.2) is 78.0 Å². The molecule has 15 heteroatoms. The Morgan fingerprint density at radius 3 is 1.83 bits per heavy atom. The van der Waals surface area contributed by atoms with Gasteiger partial charge in [0.2, 0.25) is 11.8 Å². The molecule has 4 heterocycles. The number of imidazole rings is 2. The van der Waals surface area contributed by atoms with Crippen molar-refractivity contribution in [3.05, 3.63) is 84.7 Å². The van der Waals surface area contributed by atoms with E-state index in [1.54, 1.807) is 18.0 Å². The summed E-state index contributed by atoms with van der Waals surface area (Å²) in [5, 5.41) is 4.88. The van der Waals surface area contributed by atoms with Crippen molar-refractivity contribution < 1.29 is 33.4 Å². The molecule has 3 N–H and O–H groups in total. The number of benzene rings is 3. The zero-order chi connectivity index (χ0) is 42.5. The van der Waals surface area contributed by atoms with Crippen molar-refractivity contribution in [2.24, 2.45) is 16.8 Å². The van der Waals surface area contributed by atoms with Crippen molar-refractivity contribution in [1.82, 2.24) is 35.1 Å². The molecule has 0 bridgehead atoms. The molecular formula is C45H52N8O7. The third kappa shape index (κ3) is 8.81. The molecule has 3 aromatic carbocycles. The molecule has 0 saturated carbocycles. The Bertz CT molecular complexity index is 2370. The van der Waals surface area contributed by atoms with E-state index in [1.165, 1.54) is 27.5 Å². The Balaban J connectivity index is 1.02. The maximum Gasteiger partial charge on any atom is 0.432 e. The van der Waals surface area contributed by atoms with Crippen LogP contribution in [0, 0.1) is 11.8 Å². The van der Waals surface area contributed by atoms with Gasteiger partial charge < -0.3 is 39.3 Å². The molecule has 4 amide bonds. The molecular weight excluding hydrogens is 765 g/mol. The molecule has 0 aliphatic carbocycles. The second kappa shape index (κ2) is 18.3. The first-order valence-corrected chi connectivity index (χ1v) is 20.3. The number of aromatic nitrogens is 4. The zero-order valence-corrected chi connectivity index (χ0v) is 34.8. The van der Waals surface area contributed by atoms with Gasteiger partial charge in [0.1, 0.15) is 17.7 Å². The molecule has 2 aromatic heterocycles. The Kier molecular flexibility index (Phi) is 12.7. The van der Waals surface area contributed by atoms with Crippen LogP contribution >= 0.6 is 0 Å². The lowest BCUT2D eigenvalue weighted by Crippen LogP contribution is -2.51. The van der Waals surface area contributed by atoms with Gasteiger partial charge in [-0.25, -0.2) is 19.6 Å². The number of aromatic amines is 2. The lowest BCUT2D eigenvalue weighted by molar-refractivity contribution is -0.137. The minimum atomic E-state index is -0.773. The number of carbonyl (C=O) groups is 4. The fraction of sp³-hybridized carbons (Fsp3) is 0.400. The van der Waals surface area contributed by atoms with Crippen molar-refractivity contribution in [1.29, 1.82) is 0 Å². The number of likely N-dealkylation sites (tertiary alicyclic amines) is 2. The zero-order valence-electron chi connectivity index (χ0n) is 34.8. The summed E-state index contributed by atoms with van der Waals surface area (Å²) < 4.78 is 14.8. The predicted octanol–water partition coefficient (Wildman–Crippen LogP) is 7.48. The number of H-pyrrole nitrogens is 2. The quantitative estimate of drug-likeness (QED) is 0.107. The molecule has 2 aliphatic heterocycles. The number of rotatable bonds is 12. The number of nitrogens with one attached hydrogen (secondary N) is 3. The van der Waals surface area contributed by atoms with E-state index in [1.807, 2.05) is 24.9 Å². The average molecular weight is 817 g/mol. The minimum Gasteiger partial charge on any atom is -0.453 e. The summed E-state index contributed by atoms with van der Waals surface area (Å²) in [6, 6.07) is 19.9. The maximum atomic E-state index is 13.7. The lowest BCUT2D eigenvalue weighted by Gasteiger charge is -2.30. The van der Waals surface area contributed by atoms with Gasteiger partial charge in [-0.05, 0) is 78.1 Å². The monoisotopic (exact) mass is 816 g/mol. The average Bonchev–Trinajstić information content (AvgIpc) is 4.12. The van der Waals surface area contributed by atoms with Gasteiger partial charge in [-0.1, -0.05) is 62.4 Å². The number of hydrogen-bond acceptors (Lipinski definition) is 9. The van der Waals surface area contributed by atoms with Gasteiger partial charge in [0.25, 0.3) is 0 Å². The molecule has 60 heavy (non-hydrogen) atoms. The van der Waals surface area contributed by atoms with Crippen molar-refractivity contribution in [3.63, 3.8) is 0 Å². The summed E-state index contributed by atoms with van der Waals surface area (Å²) in [4.78, 5) is 74.7. The fourth-order valence-corrected chi connectivity index (χ4v) is 8.17. The number of aliphatic imine (C=N–C) groups is 1. The fourth-order valence-electron chi connectivity index (χ4n) is 8.17. The largest absolute Gasteiger partial charge is 0.453 e. The van der Waals surface area contributed by atoms with E-state index >= 15 is 0 Å². The van der Waals surface area contributed by atoms with E-state index in [0.717, 1.165) is 75.9 Å². The predicted molar refractivity (Wildman–Crippen MR) is 227 cm³/mol. The second-order valence-corrected chi connectivity index (χ2v) is 15.7. The highest BCUT2D eigenvalue weighted by atomic mass is 16.5. The van der Waals surface area contributed by atoms with Gasteiger partial charge >= 0.3 is 12.2 Å². The number of ether oxygens (including phenoxy) is 3. The van der Waals surface area contributed by atoms with Gasteiger partial charge in [-0.15, -0.1) is 0 Å². The SMILES string of the molecule is COC(=O)N=CC(C(=O)N1CCCC1c1ncc(-c2ccc(-c3ccc4cc(-c5cnc([C@@H]6CCCN6C(=O)[C@@H](NC(=O)OC)C(C)C)[nH]5)ccc4c3)cc2)[nH]1)[C@@H](C)OC. The first-order chi connectivity index (χ1) is 29.0. The minimum absolute atomic E-state index is 0.109. The van der Waals surface area contributed by atoms with Crippen LogP contribution in [0.2, 0.25) is 0 Å². The summed E-state index contributed by atoms with van der Waals surface area (Å²) in [5.74, 6) is 0.241. The first-order valence-electron chi connectivity index (χ1n) is 20.3. The molecule has 0 radical (unpaired) electrons. The van der Waals surface area contributed by atoms with Crippen LogP contribution in [0.3, 0.4) is 0 Å². The number of nitrogens with zero attached hydrogens (tertiary/aromatic N) is 5. The molecule has 5 atom stereocenters. The lowest BCUT2D eigenvalue weighted by atomic mass is 9.98. The van der Waals surface area contributed by atoms with Crippen molar-refractivity contribution in [3.8, 4) is 33.6 Å². The van der Waals surface area contributed by atoms with Crippen LogP contribution in [0.1, 0.15) is 70.2 Å². The maximum absolute atomic E-state index is 13.7. The molecule has 2 unspecified atom stereocenters. The third-order valence-electron chi connectivity index (χ3n) is 11.6. The normalized spacial score (nSPS) is 18.2. The third-order valence-corrected chi connectivity index (χ3v) is 11.6. The standard InChI is InChI=1S/C45H52N8O7/c1-26(2)39(51-45(57)60-6)43(55)53-20-8-10-38(53)41-47-25-36(50-41)33-18-17-31-21-30(15-16-32(31)22-33)28-11-13-29(14-12-28)35-24-46-40(49-35)37-9-7-19-52(37)42(54)34(27(3)58-4)23-48-44(56)59-5/h11-18,21-27,34,37-39H,7-10,19-20H2,1-6H3,(H,46,49)(H,47,50)(H,51,57)/t27-,34?,37?,38+,39+/m1/s1. The van der Waals surface area contributed by atoms with Gasteiger partial charge in [0.15, 0.2) is 0 Å². The van der Waals surface area contributed by atoms with Gasteiger partial charge in [0.05, 0.1) is 62.1 Å². The summed E-state index contributed by atoms with van der Waals surface area (Å²) >= 11 is 0. The topological polar surface area (TPSA) is 184 Å². The highest BCUT2D eigenvalue weighted by molar-refractivity contribution is 5.97. The first kappa shape index (κ1) is 41.8. The number of amides is 4. The van der Waals surface area contributed by atoms with Gasteiger partial charge in [-0.3, -0.25) is 9.59 Å². The number of alkyl carbamates (subject to hydrolysis) is 1. The molecule has 5 aromatic rings. The van der Waals surface area contributed by atoms with Crippen molar-refractivity contribution in [2.75, 3.05) is 34.4 Å². The van der Waals surface area contributed by atoms with E-state index in [9.17, 15) is 19.2 Å². The molecule has 314 valence electrons. The second-order valence-electron chi connectivity index (χ2n) is 15.7. The smallest absolute Gasteiger partial charge is 0.432 e. The van der Waals surface area contributed by atoms with Crippen LogP contribution in [0.5, 0.6) is 0 Å². The number of methoxy groups -OCH3 is 3. The van der Waals surface area contributed by atoms with Crippen LogP contribution in [0.25, 0.3) is 44.4 Å². The highest BCUT2D eigenvalue weighted by Gasteiger charge is 2.39. The summed E-state index contributed by atoms with van der Waals surface area (Å²) in [6.07, 6.45) is 6.23. The van der Waals surface area contributed by atoms with E-state index < -0.39 is 30.3 Å². The Morgan fingerprint density at radius 1 is 0.733 bits per heavy atom. The molecule has 2 aliphatic rings. The van der Waals surface area contributed by atoms with E-state index in [-0.39, 0.29) is 29.8 Å². The Morgan fingerprint density at radius 2 is 1.27 bits per heavy atom. The molecule has 15 nitrogen and oxygen atoms in total. The van der Waals surface area contributed by atoms with E-state index in [4.69, 9.17) is 19.4 Å².